The van der Waals surface area contributed by atoms with Gasteiger partial charge in [0.25, 0.3) is 0 Å². The van der Waals surface area contributed by atoms with Gasteiger partial charge in [-0.3, -0.25) is 0 Å². The largest absolute Gasteiger partial charge is 0.378 e. The van der Waals surface area contributed by atoms with E-state index >= 15 is 0 Å². The van der Waals surface area contributed by atoms with E-state index in [1.165, 1.54) is 0 Å². The van der Waals surface area contributed by atoms with Gasteiger partial charge < -0.3 is 14.5 Å². The van der Waals surface area contributed by atoms with E-state index in [9.17, 15) is 4.79 Å². The molecule has 0 saturated carbocycles. The van der Waals surface area contributed by atoms with Crippen LogP contribution < -0.4 is 0 Å². The molecule has 0 aliphatic carbocycles. The molecule has 1 heterocycles. The van der Waals surface area contributed by atoms with Crippen LogP contribution in [0.1, 0.15) is 27.7 Å². The first-order valence-corrected chi connectivity index (χ1v) is 6.21. The van der Waals surface area contributed by atoms with Crippen molar-refractivity contribution in [3.63, 3.8) is 0 Å². The van der Waals surface area contributed by atoms with E-state index in [-0.39, 0.29) is 6.03 Å². The van der Waals surface area contributed by atoms with Gasteiger partial charge in [-0.2, -0.15) is 0 Å². The van der Waals surface area contributed by atoms with E-state index in [0.29, 0.717) is 25.2 Å². The molecular weight excluding hydrogens is 204 g/mol. The van der Waals surface area contributed by atoms with E-state index in [0.717, 1.165) is 19.6 Å². The number of carbonyl (C=O) groups is 1. The lowest BCUT2D eigenvalue weighted by Crippen LogP contribution is -2.51. The SMILES string of the molecule is CCN(C(=O)N1CCOCC1)C(C)C(C)C. The van der Waals surface area contributed by atoms with Crippen LogP contribution in [-0.4, -0.2) is 54.7 Å². The smallest absolute Gasteiger partial charge is 0.320 e. The van der Waals surface area contributed by atoms with Gasteiger partial charge >= 0.3 is 6.03 Å². The van der Waals surface area contributed by atoms with Gasteiger partial charge in [-0.1, -0.05) is 13.8 Å². The Balaban J connectivity index is 2.60. The normalized spacial score (nSPS) is 18.7. The van der Waals surface area contributed by atoms with Crippen LogP contribution in [0.4, 0.5) is 4.79 Å². The van der Waals surface area contributed by atoms with Gasteiger partial charge in [0, 0.05) is 25.7 Å². The van der Waals surface area contributed by atoms with E-state index in [4.69, 9.17) is 4.74 Å². The molecular formula is C12H24N2O2. The van der Waals surface area contributed by atoms with Crippen molar-refractivity contribution < 1.29 is 9.53 Å². The fraction of sp³-hybridized carbons (Fsp3) is 0.917. The summed E-state index contributed by atoms with van der Waals surface area (Å²) in [6.07, 6.45) is 0. The molecule has 0 aromatic rings. The van der Waals surface area contributed by atoms with Gasteiger partial charge in [0.15, 0.2) is 0 Å². The fourth-order valence-electron chi connectivity index (χ4n) is 1.89. The molecule has 4 heteroatoms. The molecule has 0 bridgehead atoms. The Morgan fingerprint density at radius 1 is 1.31 bits per heavy atom. The van der Waals surface area contributed by atoms with Crippen molar-refractivity contribution in [3.05, 3.63) is 0 Å². The Morgan fingerprint density at radius 2 is 1.88 bits per heavy atom. The molecule has 1 rings (SSSR count). The molecule has 0 aromatic heterocycles. The Bertz CT molecular complexity index is 225. The first-order chi connectivity index (χ1) is 7.57. The minimum absolute atomic E-state index is 0.159. The van der Waals surface area contributed by atoms with Crippen molar-refractivity contribution in [3.8, 4) is 0 Å². The van der Waals surface area contributed by atoms with Crippen molar-refractivity contribution in [2.24, 2.45) is 5.92 Å². The minimum atomic E-state index is 0.159. The number of hydrogen-bond acceptors (Lipinski definition) is 2. The maximum absolute atomic E-state index is 12.3. The summed E-state index contributed by atoms with van der Waals surface area (Å²) in [5.74, 6) is 0.491. The molecule has 1 atom stereocenters. The van der Waals surface area contributed by atoms with Crippen molar-refractivity contribution in [1.82, 2.24) is 9.80 Å². The number of hydrogen-bond donors (Lipinski definition) is 0. The van der Waals surface area contributed by atoms with Crippen molar-refractivity contribution in [2.75, 3.05) is 32.8 Å². The molecule has 0 spiro atoms. The van der Waals surface area contributed by atoms with Gasteiger partial charge in [-0.05, 0) is 19.8 Å². The number of nitrogens with zero attached hydrogens (tertiary/aromatic N) is 2. The lowest BCUT2D eigenvalue weighted by Gasteiger charge is -2.37. The summed E-state index contributed by atoms with van der Waals surface area (Å²) in [5.41, 5.74) is 0. The Morgan fingerprint density at radius 3 is 2.31 bits per heavy atom. The molecule has 0 aromatic carbocycles. The predicted molar refractivity (Wildman–Crippen MR) is 64.5 cm³/mol. The first-order valence-electron chi connectivity index (χ1n) is 6.21. The Hall–Kier alpha value is -0.770. The third kappa shape index (κ3) is 3.11. The van der Waals surface area contributed by atoms with Gasteiger partial charge in [-0.25, -0.2) is 4.79 Å². The second-order valence-electron chi connectivity index (χ2n) is 4.65. The number of amides is 2. The lowest BCUT2D eigenvalue weighted by atomic mass is 10.1. The number of morpholine rings is 1. The van der Waals surface area contributed by atoms with Crippen LogP contribution in [0.25, 0.3) is 0 Å². The van der Waals surface area contributed by atoms with E-state index in [1.54, 1.807) is 0 Å². The number of rotatable bonds is 3. The van der Waals surface area contributed by atoms with Crippen LogP contribution in [0.5, 0.6) is 0 Å². The van der Waals surface area contributed by atoms with E-state index in [2.05, 4.69) is 20.8 Å². The highest BCUT2D eigenvalue weighted by atomic mass is 16.5. The maximum Gasteiger partial charge on any atom is 0.320 e. The maximum atomic E-state index is 12.3. The highest BCUT2D eigenvalue weighted by molar-refractivity contribution is 5.74. The van der Waals surface area contributed by atoms with Crippen molar-refractivity contribution in [1.29, 1.82) is 0 Å². The second kappa shape index (κ2) is 6.09. The summed E-state index contributed by atoms with van der Waals surface area (Å²) in [5, 5.41) is 0. The third-order valence-corrected chi connectivity index (χ3v) is 3.32. The molecule has 16 heavy (non-hydrogen) atoms. The zero-order chi connectivity index (χ0) is 12.1. The number of carbonyl (C=O) groups excluding carboxylic acids is 1. The van der Waals surface area contributed by atoms with Gasteiger partial charge in [0.2, 0.25) is 0 Å². The molecule has 1 fully saturated rings. The van der Waals surface area contributed by atoms with Gasteiger partial charge in [0.05, 0.1) is 13.2 Å². The van der Waals surface area contributed by atoms with Crippen LogP contribution in [0.15, 0.2) is 0 Å². The van der Waals surface area contributed by atoms with Crippen molar-refractivity contribution in [2.45, 2.75) is 33.7 Å². The van der Waals surface area contributed by atoms with E-state index in [1.807, 2.05) is 16.7 Å². The number of ether oxygens (including phenoxy) is 1. The monoisotopic (exact) mass is 228 g/mol. The molecule has 4 nitrogen and oxygen atoms in total. The molecule has 1 unspecified atom stereocenters. The summed E-state index contributed by atoms with van der Waals surface area (Å²) in [6, 6.07) is 0.451. The van der Waals surface area contributed by atoms with Gasteiger partial charge in [-0.15, -0.1) is 0 Å². The van der Waals surface area contributed by atoms with Gasteiger partial charge in [0.1, 0.15) is 0 Å². The molecule has 0 radical (unpaired) electrons. The van der Waals surface area contributed by atoms with E-state index < -0.39 is 0 Å². The predicted octanol–water partition coefficient (Wildman–Crippen LogP) is 1.80. The third-order valence-electron chi connectivity index (χ3n) is 3.32. The zero-order valence-electron chi connectivity index (χ0n) is 10.9. The molecule has 1 aliphatic heterocycles. The average Bonchev–Trinajstić information content (AvgIpc) is 2.30. The molecule has 1 aliphatic rings. The Kier molecular flexibility index (Phi) is 5.06. The first kappa shape index (κ1) is 13.3. The summed E-state index contributed by atoms with van der Waals surface area (Å²) >= 11 is 0. The van der Waals surface area contributed by atoms with Crippen LogP contribution in [0.3, 0.4) is 0 Å². The van der Waals surface area contributed by atoms with Crippen LogP contribution in [0.2, 0.25) is 0 Å². The summed E-state index contributed by atoms with van der Waals surface area (Å²) in [7, 11) is 0. The summed E-state index contributed by atoms with van der Waals surface area (Å²) in [6.45, 7) is 12.0. The summed E-state index contributed by atoms with van der Waals surface area (Å²) < 4.78 is 5.26. The van der Waals surface area contributed by atoms with Crippen molar-refractivity contribution >= 4 is 6.03 Å². The molecule has 1 saturated heterocycles. The fourth-order valence-corrected chi connectivity index (χ4v) is 1.89. The summed E-state index contributed by atoms with van der Waals surface area (Å²) in [4.78, 5) is 16.1. The van der Waals surface area contributed by atoms with Crippen LogP contribution >= 0.6 is 0 Å². The zero-order valence-corrected chi connectivity index (χ0v) is 10.9. The Labute approximate surface area is 98.5 Å². The molecule has 94 valence electrons. The van der Waals surface area contributed by atoms with Crippen LogP contribution in [0, 0.1) is 5.92 Å². The standard InChI is InChI=1S/C12H24N2O2/c1-5-14(11(4)10(2)3)12(15)13-6-8-16-9-7-13/h10-11H,5-9H2,1-4H3. The highest BCUT2D eigenvalue weighted by Crippen LogP contribution is 2.13. The second-order valence-corrected chi connectivity index (χ2v) is 4.65. The van der Waals surface area contributed by atoms with Crippen LogP contribution in [-0.2, 0) is 4.74 Å². The topological polar surface area (TPSA) is 32.8 Å². The quantitative estimate of drug-likeness (QED) is 0.738. The minimum Gasteiger partial charge on any atom is -0.378 e. The molecule has 2 amide bonds. The lowest BCUT2D eigenvalue weighted by molar-refractivity contribution is 0.0382. The molecule has 0 N–H and O–H groups in total. The number of urea groups is 1. The average molecular weight is 228 g/mol. The highest BCUT2D eigenvalue weighted by Gasteiger charge is 2.26.